The predicted molar refractivity (Wildman–Crippen MR) is 142 cm³/mol. The fraction of sp³-hybridized carbons (Fsp3) is 0.231. The fourth-order valence-electron chi connectivity index (χ4n) is 3.84. The maximum atomic E-state index is 13.6. The maximum Gasteiger partial charge on any atom is 0.416 e. The first-order valence-corrected chi connectivity index (χ1v) is 11.8. The molecule has 3 aromatic rings. The Balaban J connectivity index is 2.46. The first kappa shape index (κ1) is 29.2. The molecule has 0 fully saturated rings. The lowest BCUT2D eigenvalue weighted by atomic mass is 10.2. The van der Waals surface area contributed by atoms with Gasteiger partial charge in [0.1, 0.15) is 5.82 Å². The Labute approximate surface area is 226 Å². The van der Waals surface area contributed by atoms with Gasteiger partial charge in [-0.25, -0.2) is 19.1 Å². The molecular weight excluding hydrogens is 528 g/mol. The van der Waals surface area contributed by atoms with Crippen LogP contribution in [0.1, 0.15) is 34.1 Å². The molecular formula is C26H26N4O10. The predicted octanol–water partition coefficient (Wildman–Crippen LogP) is 2.58. The molecule has 0 spiro atoms. The van der Waals surface area contributed by atoms with E-state index >= 15 is 0 Å². The Morgan fingerprint density at radius 2 is 1.43 bits per heavy atom. The van der Waals surface area contributed by atoms with Crippen LogP contribution < -0.4 is 36.1 Å². The number of benzene rings is 2. The summed E-state index contributed by atoms with van der Waals surface area (Å²) in [4.78, 5) is 75.4. The summed E-state index contributed by atoms with van der Waals surface area (Å²) in [7, 11) is 0. The van der Waals surface area contributed by atoms with Crippen LogP contribution in [0.25, 0.3) is 5.69 Å². The van der Waals surface area contributed by atoms with E-state index in [9.17, 15) is 33.9 Å². The second-order valence-electron chi connectivity index (χ2n) is 8.31. The molecule has 14 heteroatoms. The van der Waals surface area contributed by atoms with Crippen molar-refractivity contribution in [3.05, 3.63) is 63.3 Å². The first-order chi connectivity index (χ1) is 18.9. The van der Waals surface area contributed by atoms with Crippen molar-refractivity contribution < 1.29 is 38.5 Å². The third-order valence-electron chi connectivity index (χ3n) is 5.25. The van der Waals surface area contributed by atoms with Gasteiger partial charge in [-0.1, -0.05) is 25.1 Å². The van der Waals surface area contributed by atoms with Gasteiger partial charge >= 0.3 is 29.7 Å². The van der Waals surface area contributed by atoms with Crippen LogP contribution in [0, 0.1) is 0 Å². The van der Waals surface area contributed by atoms with E-state index in [-0.39, 0.29) is 17.9 Å². The largest absolute Gasteiger partial charge is 0.464 e. The maximum absolute atomic E-state index is 13.6. The number of amides is 1. The molecule has 0 aliphatic heterocycles. The zero-order valence-electron chi connectivity index (χ0n) is 22.0. The molecule has 210 valence electrons. The number of nitrogen functional groups attached to an aromatic ring is 1. The lowest BCUT2D eigenvalue weighted by molar-refractivity contribution is -0.135. The van der Waals surface area contributed by atoms with Crippen molar-refractivity contribution in [3.63, 3.8) is 0 Å². The number of hydrogen-bond acceptors (Lipinski definition) is 10. The third kappa shape index (κ3) is 6.01. The lowest BCUT2D eigenvalue weighted by Gasteiger charge is -2.25. The Hall–Kier alpha value is -5.40. The van der Waals surface area contributed by atoms with Gasteiger partial charge in [0, 0.05) is 39.4 Å². The number of aromatic nitrogens is 2. The van der Waals surface area contributed by atoms with Gasteiger partial charge in [-0.05, 0) is 18.6 Å². The number of ether oxygens (including phenoxy) is 3. The molecule has 0 atom stereocenters. The van der Waals surface area contributed by atoms with Gasteiger partial charge < -0.3 is 25.1 Å². The highest BCUT2D eigenvalue weighted by molar-refractivity contribution is 5.98. The normalized spacial score (nSPS) is 10.5. The second-order valence-corrected chi connectivity index (χ2v) is 8.31. The molecule has 0 saturated heterocycles. The zero-order chi connectivity index (χ0) is 29.7. The second kappa shape index (κ2) is 12.0. The molecule has 0 radical (unpaired) electrons. The molecule has 0 saturated carbocycles. The van der Waals surface area contributed by atoms with Crippen molar-refractivity contribution in [2.75, 3.05) is 10.6 Å². The van der Waals surface area contributed by atoms with Crippen molar-refractivity contribution in [3.8, 4) is 22.9 Å². The van der Waals surface area contributed by atoms with Crippen molar-refractivity contribution in [1.29, 1.82) is 0 Å². The number of hydrogen-bond donors (Lipinski definition) is 2. The number of anilines is 3. The Morgan fingerprint density at radius 1 is 0.900 bits per heavy atom. The molecule has 0 unspecified atom stereocenters. The van der Waals surface area contributed by atoms with E-state index in [1.54, 1.807) is 37.3 Å². The van der Waals surface area contributed by atoms with E-state index in [4.69, 9.17) is 19.9 Å². The van der Waals surface area contributed by atoms with Crippen LogP contribution >= 0.6 is 0 Å². The molecule has 1 heterocycles. The highest BCUT2D eigenvalue weighted by Crippen LogP contribution is 2.44. The minimum absolute atomic E-state index is 0.0615. The number of rotatable bonds is 8. The minimum atomic E-state index is -1.73. The van der Waals surface area contributed by atoms with Crippen molar-refractivity contribution in [1.82, 2.24) is 9.13 Å². The fourth-order valence-corrected chi connectivity index (χ4v) is 3.84. The molecule has 1 aromatic heterocycles. The number of carbonyl (C=O) groups is 4. The van der Waals surface area contributed by atoms with Crippen molar-refractivity contribution in [2.24, 2.45) is 0 Å². The Kier molecular flexibility index (Phi) is 8.73. The van der Waals surface area contributed by atoms with Crippen LogP contribution in [0.3, 0.4) is 0 Å². The minimum Gasteiger partial charge on any atom is -0.464 e. The summed E-state index contributed by atoms with van der Waals surface area (Å²) < 4.78 is 17.1. The van der Waals surface area contributed by atoms with E-state index in [0.29, 0.717) is 11.3 Å². The Bertz CT molecular complexity index is 1570. The quantitative estimate of drug-likeness (QED) is 0.307. The molecule has 0 aliphatic rings. The van der Waals surface area contributed by atoms with Crippen molar-refractivity contribution >= 4 is 41.2 Å². The summed E-state index contributed by atoms with van der Waals surface area (Å²) in [6, 6.07) is 9.96. The molecule has 2 aromatic carbocycles. The average molecular weight is 555 g/mol. The van der Waals surface area contributed by atoms with Gasteiger partial charge in [-0.15, -0.1) is 0 Å². The topological polar surface area (TPSA) is 189 Å². The molecule has 0 bridgehead atoms. The van der Waals surface area contributed by atoms with Gasteiger partial charge in [0.2, 0.25) is 5.75 Å². The highest BCUT2D eigenvalue weighted by atomic mass is 16.6. The molecule has 14 nitrogen and oxygen atoms in total. The van der Waals surface area contributed by atoms with Gasteiger partial charge in [0.05, 0.1) is 11.4 Å². The highest BCUT2D eigenvalue weighted by Gasteiger charge is 2.31. The van der Waals surface area contributed by atoms with E-state index in [1.807, 2.05) is 0 Å². The number of nitrogens with two attached hydrogens (primary N) is 1. The summed E-state index contributed by atoms with van der Waals surface area (Å²) in [6.45, 7) is 4.75. The summed E-state index contributed by atoms with van der Waals surface area (Å²) in [6.07, 6.45) is -1.38. The van der Waals surface area contributed by atoms with E-state index in [0.717, 1.165) is 42.0 Å². The Morgan fingerprint density at radius 3 is 1.88 bits per heavy atom. The number of carboxylic acid groups (broad SMARTS) is 1. The van der Waals surface area contributed by atoms with E-state index in [1.165, 1.54) is 0 Å². The van der Waals surface area contributed by atoms with Gasteiger partial charge in [0.15, 0.2) is 17.2 Å². The summed E-state index contributed by atoms with van der Waals surface area (Å²) >= 11 is 0. The molecule has 1 amide bonds. The molecule has 3 rings (SSSR count). The van der Waals surface area contributed by atoms with Crippen LogP contribution in [0.4, 0.5) is 22.0 Å². The molecule has 3 N–H and O–H groups in total. The van der Waals surface area contributed by atoms with Crippen LogP contribution in [-0.4, -0.2) is 38.2 Å². The van der Waals surface area contributed by atoms with Crippen LogP contribution in [0.2, 0.25) is 0 Å². The summed E-state index contributed by atoms with van der Waals surface area (Å²) in [5, 5.41) is 10.3. The van der Waals surface area contributed by atoms with E-state index < -0.39 is 64.0 Å². The smallest absolute Gasteiger partial charge is 0.416 e. The van der Waals surface area contributed by atoms with Gasteiger partial charge in [-0.2, -0.15) is 0 Å². The van der Waals surface area contributed by atoms with E-state index in [2.05, 4.69) is 0 Å². The van der Waals surface area contributed by atoms with Crippen LogP contribution in [-0.2, 0) is 20.9 Å². The molecule has 40 heavy (non-hydrogen) atoms. The zero-order valence-corrected chi connectivity index (χ0v) is 22.0. The summed E-state index contributed by atoms with van der Waals surface area (Å²) in [5.74, 6) is -4.63. The number of esters is 3. The van der Waals surface area contributed by atoms with Gasteiger partial charge in [0.25, 0.3) is 5.56 Å². The van der Waals surface area contributed by atoms with Crippen LogP contribution in [0.15, 0.2) is 52.1 Å². The third-order valence-corrected chi connectivity index (χ3v) is 5.25. The monoisotopic (exact) mass is 554 g/mol. The lowest BCUT2D eigenvalue weighted by Crippen LogP contribution is -2.44. The van der Waals surface area contributed by atoms with Crippen molar-refractivity contribution in [2.45, 2.75) is 40.7 Å². The first-order valence-electron chi connectivity index (χ1n) is 11.8. The standard InChI is InChI=1S/C26H26N4O10/c1-5-11-28-24(34)21(23(27)30(25(28)35)17-9-7-6-8-10-17)29(26(36)37)18-12-19(38-14(2)31)22(40-16(4)33)20(13-18)39-15(3)32/h6-10,12-13H,5,11,27H2,1-4H3,(H,36,37). The number of carbonyl (C=O) groups excluding carboxylic acids is 3. The average Bonchev–Trinajstić information content (AvgIpc) is 2.86. The summed E-state index contributed by atoms with van der Waals surface area (Å²) in [5.41, 5.74) is 3.72. The number of nitrogens with zero attached hydrogens (tertiary/aromatic N) is 3. The van der Waals surface area contributed by atoms with Crippen LogP contribution in [0.5, 0.6) is 17.2 Å². The van der Waals surface area contributed by atoms with Gasteiger partial charge in [-0.3, -0.25) is 23.7 Å². The molecule has 0 aliphatic carbocycles. The SMILES string of the molecule is CCCn1c(=O)c(N(C(=O)O)c2cc(OC(C)=O)c(OC(C)=O)c(OC(C)=O)c2)c(N)n(-c2ccccc2)c1=O. The number of para-hydroxylation sites is 1.